The summed E-state index contributed by atoms with van der Waals surface area (Å²) in [5, 5.41) is 3.32. The molecule has 1 unspecified atom stereocenters. The highest BCUT2D eigenvalue weighted by molar-refractivity contribution is 5.57. The molecule has 1 N–H and O–H groups in total. The van der Waals surface area contributed by atoms with Crippen LogP contribution in [-0.2, 0) is 0 Å². The van der Waals surface area contributed by atoms with Crippen molar-refractivity contribution in [3.63, 3.8) is 0 Å². The fourth-order valence-electron chi connectivity index (χ4n) is 2.52. The summed E-state index contributed by atoms with van der Waals surface area (Å²) in [6, 6.07) is 15.3. The van der Waals surface area contributed by atoms with Gasteiger partial charge in [-0.3, -0.25) is 0 Å². The Morgan fingerprint density at radius 3 is 2.71 bits per heavy atom. The molecule has 0 radical (unpaired) electrons. The van der Waals surface area contributed by atoms with Crippen LogP contribution in [0.3, 0.4) is 0 Å². The molecule has 0 amide bonds. The summed E-state index contributed by atoms with van der Waals surface area (Å²) < 4.78 is 13.4. The van der Waals surface area contributed by atoms with E-state index in [9.17, 15) is 4.39 Å². The standard InChI is InChI=1S/C15H14FN/c16-12-6-7-15-14(10-12)13(8-9-17-15)11-4-2-1-3-5-11/h1-7,10,13,17H,8-9H2. The van der Waals surface area contributed by atoms with Gasteiger partial charge in [0.25, 0.3) is 0 Å². The third-order valence-corrected chi connectivity index (χ3v) is 3.34. The topological polar surface area (TPSA) is 12.0 Å². The van der Waals surface area contributed by atoms with Crippen molar-refractivity contribution in [1.82, 2.24) is 0 Å². The van der Waals surface area contributed by atoms with E-state index in [1.165, 1.54) is 11.6 Å². The molecule has 0 fully saturated rings. The van der Waals surface area contributed by atoms with Crippen LogP contribution in [0.4, 0.5) is 10.1 Å². The number of fused-ring (bicyclic) bond motifs is 1. The van der Waals surface area contributed by atoms with Gasteiger partial charge in [0.1, 0.15) is 5.82 Å². The van der Waals surface area contributed by atoms with Gasteiger partial charge in [-0.05, 0) is 35.7 Å². The lowest BCUT2D eigenvalue weighted by molar-refractivity contribution is 0.618. The Kier molecular flexibility index (Phi) is 2.56. The SMILES string of the molecule is Fc1ccc2c(c1)C(c1ccccc1)CCN2. The molecule has 0 bridgehead atoms. The molecule has 1 heterocycles. The zero-order valence-corrected chi connectivity index (χ0v) is 9.49. The zero-order valence-electron chi connectivity index (χ0n) is 9.49. The highest BCUT2D eigenvalue weighted by Crippen LogP contribution is 2.36. The number of hydrogen-bond acceptors (Lipinski definition) is 1. The number of anilines is 1. The van der Waals surface area contributed by atoms with Crippen LogP contribution in [0.25, 0.3) is 0 Å². The molecule has 2 heteroatoms. The number of benzene rings is 2. The molecule has 17 heavy (non-hydrogen) atoms. The second-order valence-corrected chi connectivity index (χ2v) is 4.41. The fraction of sp³-hybridized carbons (Fsp3) is 0.200. The molecule has 1 nitrogen and oxygen atoms in total. The van der Waals surface area contributed by atoms with E-state index >= 15 is 0 Å². The van der Waals surface area contributed by atoms with Crippen LogP contribution in [0.2, 0.25) is 0 Å². The van der Waals surface area contributed by atoms with E-state index in [4.69, 9.17) is 0 Å². The van der Waals surface area contributed by atoms with Gasteiger partial charge in [0, 0.05) is 18.2 Å². The molecule has 0 spiro atoms. The first-order chi connectivity index (χ1) is 8.34. The van der Waals surface area contributed by atoms with Gasteiger partial charge in [-0.15, -0.1) is 0 Å². The molecular formula is C15H14FN. The summed E-state index contributed by atoms with van der Waals surface area (Å²) in [6.45, 7) is 0.943. The second-order valence-electron chi connectivity index (χ2n) is 4.41. The molecule has 0 saturated carbocycles. The lowest BCUT2D eigenvalue weighted by atomic mass is 9.85. The summed E-state index contributed by atoms with van der Waals surface area (Å²) in [6.07, 6.45) is 1.01. The van der Waals surface area contributed by atoms with Crippen molar-refractivity contribution in [2.24, 2.45) is 0 Å². The minimum Gasteiger partial charge on any atom is -0.385 e. The molecule has 0 saturated heterocycles. The number of halogens is 1. The van der Waals surface area contributed by atoms with E-state index in [-0.39, 0.29) is 5.82 Å². The fourth-order valence-corrected chi connectivity index (χ4v) is 2.52. The largest absolute Gasteiger partial charge is 0.385 e. The quantitative estimate of drug-likeness (QED) is 0.782. The predicted octanol–water partition coefficient (Wildman–Crippen LogP) is 3.77. The van der Waals surface area contributed by atoms with Crippen molar-refractivity contribution in [3.05, 3.63) is 65.5 Å². The normalized spacial score (nSPS) is 18.3. The Morgan fingerprint density at radius 1 is 1.06 bits per heavy atom. The number of hydrogen-bond donors (Lipinski definition) is 1. The first-order valence-electron chi connectivity index (χ1n) is 5.93. The Balaban J connectivity index is 2.08. The lowest BCUT2D eigenvalue weighted by Crippen LogP contribution is -2.17. The van der Waals surface area contributed by atoms with Crippen LogP contribution in [-0.4, -0.2) is 6.54 Å². The van der Waals surface area contributed by atoms with Crippen molar-refractivity contribution in [2.75, 3.05) is 11.9 Å². The van der Waals surface area contributed by atoms with Gasteiger partial charge < -0.3 is 5.32 Å². The van der Waals surface area contributed by atoms with E-state index in [2.05, 4.69) is 17.4 Å². The molecule has 3 rings (SSSR count). The summed E-state index contributed by atoms with van der Waals surface area (Å²) >= 11 is 0. The first kappa shape index (κ1) is 10.3. The van der Waals surface area contributed by atoms with Gasteiger partial charge in [-0.25, -0.2) is 4.39 Å². The average molecular weight is 227 g/mol. The Labute approximate surface area is 100 Å². The minimum absolute atomic E-state index is 0.159. The van der Waals surface area contributed by atoms with E-state index in [0.717, 1.165) is 24.2 Å². The molecule has 1 atom stereocenters. The van der Waals surface area contributed by atoms with Crippen molar-refractivity contribution in [2.45, 2.75) is 12.3 Å². The van der Waals surface area contributed by atoms with Gasteiger partial charge in [0.15, 0.2) is 0 Å². The second kappa shape index (κ2) is 4.21. The van der Waals surface area contributed by atoms with Crippen molar-refractivity contribution >= 4 is 5.69 Å². The van der Waals surface area contributed by atoms with Crippen LogP contribution >= 0.6 is 0 Å². The zero-order chi connectivity index (χ0) is 11.7. The molecule has 1 aliphatic heterocycles. The lowest BCUT2D eigenvalue weighted by Gasteiger charge is -2.27. The van der Waals surface area contributed by atoms with E-state index in [1.54, 1.807) is 6.07 Å². The number of nitrogens with one attached hydrogen (secondary N) is 1. The smallest absolute Gasteiger partial charge is 0.123 e. The maximum absolute atomic E-state index is 13.4. The molecule has 0 aliphatic carbocycles. The summed E-state index contributed by atoms with van der Waals surface area (Å²) in [5.74, 6) is 0.150. The third-order valence-electron chi connectivity index (χ3n) is 3.34. The third kappa shape index (κ3) is 1.91. The molecule has 0 aromatic heterocycles. The van der Waals surface area contributed by atoms with E-state index in [1.807, 2.05) is 24.3 Å². The highest BCUT2D eigenvalue weighted by Gasteiger charge is 2.21. The Hall–Kier alpha value is -1.83. The monoisotopic (exact) mass is 227 g/mol. The van der Waals surface area contributed by atoms with E-state index in [0.29, 0.717) is 5.92 Å². The molecular weight excluding hydrogens is 213 g/mol. The van der Waals surface area contributed by atoms with Crippen LogP contribution < -0.4 is 5.32 Å². The van der Waals surface area contributed by atoms with Gasteiger partial charge in [0.2, 0.25) is 0 Å². The minimum atomic E-state index is -0.159. The maximum Gasteiger partial charge on any atom is 0.123 e. The van der Waals surface area contributed by atoms with E-state index < -0.39 is 0 Å². The Bertz CT molecular complexity index is 522. The van der Waals surface area contributed by atoms with Gasteiger partial charge in [-0.2, -0.15) is 0 Å². The van der Waals surface area contributed by atoms with Gasteiger partial charge in [-0.1, -0.05) is 30.3 Å². The summed E-state index contributed by atoms with van der Waals surface area (Å²) in [7, 11) is 0. The number of rotatable bonds is 1. The maximum atomic E-state index is 13.4. The molecule has 2 aromatic carbocycles. The van der Waals surface area contributed by atoms with Crippen LogP contribution in [0, 0.1) is 5.82 Å². The van der Waals surface area contributed by atoms with Crippen LogP contribution in [0.1, 0.15) is 23.5 Å². The van der Waals surface area contributed by atoms with Crippen molar-refractivity contribution < 1.29 is 4.39 Å². The summed E-state index contributed by atoms with van der Waals surface area (Å²) in [5.41, 5.74) is 3.40. The van der Waals surface area contributed by atoms with Crippen LogP contribution in [0.15, 0.2) is 48.5 Å². The average Bonchev–Trinajstić information content (AvgIpc) is 2.39. The van der Waals surface area contributed by atoms with Crippen molar-refractivity contribution in [1.29, 1.82) is 0 Å². The van der Waals surface area contributed by atoms with Gasteiger partial charge in [0.05, 0.1) is 0 Å². The molecule has 2 aromatic rings. The highest BCUT2D eigenvalue weighted by atomic mass is 19.1. The molecule has 86 valence electrons. The van der Waals surface area contributed by atoms with Gasteiger partial charge >= 0.3 is 0 Å². The molecule has 1 aliphatic rings. The van der Waals surface area contributed by atoms with Crippen LogP contribution in [0.5, 0.6) is 0 Å². The van der Waals surface area contributed by atoms with Crippen molar-refractivity contribution in [3.8, 4) is 0 Å². The Morgan fingerprint density at radius 2 is 1.88 bits per heavy atom. The first-order valence-corrected chi connectivity index (χ1v) is 5.93. The summed E-state index contributed by atoms with van der Waals surface area (Å²) in [4.78, 5) is 0. The predicted molar refractivity (Wildman–Crippen MR) is 67.8 cm³/mol.